The first kappa shape index (κ1) is 12.5. The normalized spacial score (nSPS) is 14.2. The number of benzene rings is 1. The zero-order chi connectivity index (χ0) is 13.4. The number of nitrogens with zero attached hydrogens (tertiary/aromatic N) is 2. The molecule has 0 saturated heterocycles. The Balaban J connectivity index is 2.17. The van der Waals surface area contributed by atoms with Crippen molar-refractivity contribution in [1.29, 1.82) is 0 Å². The molecule has 0 unspecified atom stereocenters. The van der Waals surface area contributed by atoms with E-state index in [2.05, 4.69) is 21.0 Å². The fraction of sp³-hybridized carbons (Fsp3) is 0.308. The summed E-state index contributed by atoms with van der Waals surface area (Å²) in [4.78, 5) is 0. The average molecular weight is 324 g/mol. The highest BCUT2D eigenvalue weighted by Gasteiger charge is 2.21. The lowest BCUT2D eigenvalue weighted by Crippen LogP contribution is -2.13. The molecule has 5 nitrogen and oxygen atoms in total. The Morgan fingerprint density at radius 1 is 1.47 bits per heavy atom. The SMILES string of the molecule is COc1ccc(Br)c(-n2nc(N)c3c2CCOC3)c1. The minimum absolute atomic E-state index is 0.531. The van der Waals surface area contributed by atoms with E-state index in [0.717, 1.165) is 33.6 Å². The van der Waals surface area contributed by atoms with Gasteiger partial charge in [-0.3, -0.25) is 0 Å². The first-order chi connectivity index (χ1) is 9.20. The van der Waals surface area contributed by atoms with E-state index in [1.165, 1.54) is 0 Å². The number of hydrogen-bond donors (Lipinski definition) is 1. The van der Waals surface area contributed by atoms with Gasteiger partial charge >= 0.3 is 0 Å². The number of nitrogens with two attached hydrogens (primary N) is 1. The number of anilines is 1. The topological polar surface area (TPSA) is 62.3 Å². The number of halogens is 1. The molecule has 0 radical (unpaired) electrons. The van der Waals surface area contributed by atoms with Crippen LogP contribution in [0.1, 0.15) is 11.3 Å². The van der Waals surface area contributed by atoms with Gasteiger partial charge in [0.15, 0.2) is 5.82 Å². The summed E-state index contributed by atoms with van der Waals surface area (Å²) < 4.78 is 13.5. The number of fused-ring (bicyclic) bond motifs is 1. The highest BCUT2D eigenvalue weighted by molar-refractivity contribution is 9.10. The molecule has 1 aromatic carbocycles. The summed E-state index contributed by atoms with van der Waals surface area (Å²) in [6.45, 7) is 1.22. The number of methoxy groups -OCH3 is 1. The fourth-order valence-corrected chi connectivity index (χ4v) is 2.66. The summed E-state index contributed by atoms with van der Waals surface area (Å²) >= 11 is 3.55. The van der Waals surface area contributed by atoms with Crippen molar-refractivity contribution in [2.75, 3.05) is 19.5 Å². The molecule has 2 N–H and O–H groups in total. The second kappa shape index (κ2) is 4.86. The molecule has 1 aromatic heterocycles. The molecular weight excluding hydrogens is 310 g/mol. The second-order valence-electron chi connectivity index (χ2n) is 4.34. The zero-order valence-corrected chi connectivity index (χ0v) is 12.1. The van der Waals surface area contributed by atoms with E-state index in [-0.39, 0.29) is 0 Å². The average Bonchev–Trinajstić information content (AvgIpc) is 2.77. The van der Waals surface area contributed by atoms with Crippen LogP contribution in [0.2, 0.25) is 0 Å². The number of rotatable bonds is 2. The minimum Gasteiger partial charge on any atom is -0.497 e. The van der Waals surface area contributed by atoms with Gasteiger partial charge in [-0.2, -0.15) is 5.10 Å². The Bertz CT molecular complexity index is 625. The minimum atomic E-state index is 0.531. The zero-order valence-electron chi connectivity index (χ0n) is 10.5. The van der Waals surface area contributed by atoms with Crippen LogP contribution in [-0.4, -0.2) is 23.5 Å². The quantitative estimate of drug-likeness (QED) is 0.921. The molecule has 0 bridgehead atoms. The summed E-state index contributed by atoms with van der Waals surface area (Å²) in [5.41, 5.74) is 8.98. The van der Waals surface area contributed by atoms with E-state index < -0.39 is 0 Å². The Morgan fingerprint density at radius 2 is 2.32 bits per heavy atom. The van der Waals surface area contributed by atoms with E-state index in [0.29, 0.717) is 19.0 Å². The third kappa shape index (κ3) is 2.11. The summed E-state index contributed by atoms with van der Waals surface area (Å²) in [6.07, 6.45) is 0.809. The molecule has 0 aliphatic carbocycles. The second-order valence-corrected chi connectivity index (χ2v) is 5.20. The maximum Gasteiger partial charge on any atom is 0.151 e. The maximum absolute atomic E-state index is 5.96. The van der Waals surface area contributed by atoms with Crippen LogP contribution in [-0.2, 0) is 17.8 Å². The van der Waals surface area contributed by atoms with Gasteiger partial charge in [0, 0.05) is 22.5 Å². The van der Waals surface area contributed by atoms with Crippen molar-refractivity contribution in [3.63, 3.8) is 0 Å². The van der Waals surface area contributed by atoms with Crippen LogP contribution in [0.5, 0.6) is 5.75 Å². The van der Waals surface area contributed by atoms with Crippen LogP contribution < -0.4 is 10.5 Å². The van der Waals surface area contributed by atoms with Crippen LogP contribution >= 0.6 is 15.9 Å². The van der Waals surface area contributed by atoms with Gasteiger partial charge in [-0.05, 0) is 28.1 Å². The highest BCUT2D eigenvalue weighted by atomic mass is 79.9. The lowest BCUT2D eigenvalue weighted by Gasteiger charge is -2.15. The molecule has 2 heterocycles. The first-order valence-corrected chi connectivity index (χ1v) is 6.78. The van der Waals surface area contributed by atoms with Crippen molar-refractivity contribution in [3.05, 3.63) is 33.9 Å². The number of aromatic nitrogens is 2. The van der Waals surface area contributed by atoms with Gasteiger partial charge in [-0.25, -0.2) is 4.68 Å². The van der Waals surface area contributed by atoms with Crippen molar-refractivity contribution in [2.45, 2.75) is 13.0 Å². The third-order valence-electron chi connectivity index (χ3n) is 3.23. The lowest BCUT2D eigenvalue weighted by atomic mass is 10.1. The van der Waals surface area contributed by atoms with Crippen molar-refractivity contribution < 1.29 is 9.47 Å². The van der Waals surface area contributed by atoms with Crippen LogP contribution in [0, 0.1) is 0 Å². The molecule has 0 amide bonds. The maximum atomic E-state index is 5.96. The van der Waals surface area contributed by atoms with Crippen LogP contribution in [0.15, 0.2) is 22.7 Å². The van der Waals surface area contributed by atoms with E-state index in [1.54, 1.807) is 7.11 Å². The molecular formula is C13H14BrN3O2. The smallest absolute Gasteiger partial charge is 0.151 e. The fourth-order valence-electron chi connectivity index (χ4n) is 2.24. The van der Waals surface area contributed by atoms with Gasteiger partial charge in [-0.1, -0.05) is 0 Å². The van der Waals surface area contributed by atoms with Gasteiger partial charge in [0.2, 0.25) is 0 Å². The van der Waals surface area contributed by atoms with Crippen LogP contribution in [0.25, 0.3) is 5.69 Å². The standard InChI is InChI=1S/C13H14BrN3O2/c1-18-8-2-3-10(14)12(6-8)17-11-4-5-19-7-9(11)13(15)16-17/h2-3,6H,4-5,7H2,1H3,(H2,15,16). The van der Waals surface area contributed by atoms with Crippen molar-refractivity contribution in [2.24, 2.45) is 0 Å². The van der Waals surface area contributed by atoms with Gasteiger partial charge in [-0.15, -0.1) is 0 Å². The third-order valence-corrected chi connectivity index (χ3v) is 3.90. The Morgan fingerprint density at radius 3 is 3.11 bits per heavy atom. The van der Waals surface area contributed by atoms with E-state index >= 15 is 0 Å². The summed E-state index contributed by atoms with van der Waals surface area (Å²) in [5.74, 6) is 1.32. The van der Waals surface area contributed by atoms with Crippen LogP contribution in [0.4, 0.5) is 5.82 Å². The largest absolute Gasteiger partial charge is 0.497 e. The monoisotopic (exact) mass is 323 g/mol. The Kier molecular flexibility index (Phi) is 3.20. The molecule has 1 aliphatic heterocycles. The van der Waals surface area contributed by atoms with Gasteiger partial charge in [0.05, 0.1) is 31.7 Å². The lowest BCUT2D eigenvalue weighted by molar-refractivity contribution is 0.110. The van der Waals surface area contributed by atoms with Crippen molar-refractivity contribution >= 4 is 21.7 Å². The van der Waals surface area contributed by atoms with E-state index in [9.17, 15) is 0 Å². The van der Waals surface area contributed by atoms with Crippen molar-refractivity contribution in [1.82, 2.24) is 9.78 Å². The molecule has 19 heavy (non-hydrogen) atoms. The van der Waals surface area contributed by atoms with E-state index in [1.807, 2.05) is 22.9 Å². The highest BCUT2D eigenvalue weighted by Crippen LogP contribution is 2.31. The molecule has 0 spiro atoms. The predicted octanol–water partition coefficient (Wildman–Crippen LogP) is 2.30. The first-order valence-electron chi connectivity index (χ1n) is 5.98. The molecule has 100 valence electrons. The van der Waals surface area contributed by atoms with Crippen LogP contribution in [0.3, 0.4) is 0 Å². The summed E-state index contributed by atoms with van der Waals surface area (Å²) in [5, 5.41) is 4.43. The molecule has 0 saturated carbocycles. The number of nitrogen functional groups attached to an aromatic ring is 1. The summed E-state index contributed by atoms with van der Waals surface area (Å²) in [7, 11) is 1.65. The van der Waals surface area contributed by atoms with Crippen molar-refractivity contribution in [3.8, 4) is 11.4 Å². The van der Waals surface area contributed by atoms with Gasteiger partial charge in [0.25, 0.3) is 0 Å². The molecule has 3 rings (SSSR count). The molecule has 0 atom stereocenters. The van der Waals surface area contributed by atoms with Gasteiger partial charge < -0.3 is 15.2 Å². The molecule has 0 fully saturated rings. The Labute approximate surface area is 119 Å². The van der Waals surface area contributed by atoms with E-state index in [4.69, 9.17) is 15.2 Å². The van der Waals surface area contributed by atoms with Gasteiger partial charge in [0.1, 0.15) is 5.75 Å². The Hall–Kier alpha value is -1.53. The molecule has 1 aliphatic rings. The summed E-state index contributed by atoms with van der Waals surface area (Å²) in [6, 6.07) is 5.78. The predicted molar refractivity (Wildman–Crippen MR) is 75.6 cm³/mol. The number of ether oxygens (including phenoxy) is 2. The number of hydrogen-bond acceptors (Lipinski definition) is 4. The molecule has 6 heteroatoms. The molecule has 2 aromatic rings.